The highest BCUT2D eigenvalue weighted by Crippen LogP contribution is 2.22. The number of carbonyl (C=O) groups excluding carboxylic acids is 2. The van der Waals surface area contributed by atoms with E-state index in [0.717, 1.165) is 11.1 Å². The molecule has 0 aliphatic heterocycles. The number of rotatable bonds is 4. The lowest BCUT2D eigenvalue weighted by Gasteiger charge is -2.19. The van der Waals surface area contributed by atoms with E-state index < -0.39 is 6.04 Å². The van der Waals surface area contributed by atoms with Crippen molar-refractivity contribution >= 4 is 17.5 Å². The summed E-state index contributed by atoms with van der Waals surface area (Å²) in [6.45, 7) is 10.0. The molecule has 0 saturated heterocycles. The number of hydrogen-bond acceptors (Lipinski definition) is 2. The number of hydrogen-bond donors (Lipinski definition) is 2. The molecule has 1 atom stereocenters. The molecule has 0 unspecified atom stereocenters. The minimum absolute atomic E-state index is 0.0379. The van der Waals surface area contributed by atoms with Crippen LogP contribution in [0.2, 0.25) is 0 Å². The second kappa shape index (κ2) is 7.51. The molecule has 2 amide bonds. The summed E-state index contributed by atoms with van der Waals surface area (Å²) in [6.07, 6.45) is 0. The second-order valence-corrected chi connectivity index (χ2v) is 7.38. The monoisotopic (exact) mass is 338 g/mol. The first-order valence-electron chi connectivity index (χ1n) is 8.46. The average Bonchev–Trinajstić information content (AvgIpc) is 2.56. The van der Waals surface area contributed by atoms with Gasteiger partial charge in [0, 0.05) is 11.3 Å². The maximum atomic E-state index is 12.3. The molecule has 0 heterocycles. The van der Waals surface area contributed by atoms with Crippen LogP contribution in [0.25, 0.3) is 0 Å². The molecule has 0 bridgehead atoms. The van der Waals surface area contributed by atoms with Crippen LogP contribution in [0.15, 0.2) is 48.5 Å². The first-order valence-corrected chi connectivity index (χ1v) is 8.46. The summed E-state index contributed by atoms with van der Waals surface area (Å²) in [5.74, 6) is -0.504. The fraction of sp³-hybridized carbons (Fsp3) is 0.333. The van der Waals surface area contributed by atoms with Crippen LogP contribution in [0.3, 0.4) is 0 Å². The molecule has 0 aliphatic rings. The summed E-state index contributed by atoms with van der Waals surface area (Å²) in [5.41, 5.74) is 3.58. The van der Waals surface area contributed by atoms with Crippen LogP contribution in [-0.2, 0) is 10.2 Å². The molecule has 4 heteroatoms. The van der Waals surface area contributed by atoms with Crippen LogP contribution in [0.1, 0.15) is 49.2 Å². The average molecular weight is 338 g/mol. The molecular weight excluding hydrogens is 312 g/mol. The van der Waals surface area contributed by atoms with Crippen molar-refractivity contribution in [2.75, 3.05) is 5.32 Å². The maximum Gasteiger partial charge on any atom is 0.251 e. The van der Waals surface area contributed by atoms with E-state index in [9.17, 15) is 9.59 Å². The molecule has 0 aliphatic carbocycles. The molecule has 2 rings (SSSR count). The lowest BCUT2D eigenvalue weighted by atomic mass is 9.86. The highest BCUT2D eigenvalue weighted by atomic mass is 16.2. The predicted molar refractivity (Wildman–Crippen MR) is 102 cm³/mol. The van der Waals surface area contributed by atoms with E-state index in [-0.39, 0.29) is 17.2 Å². The maximum absolute atomic E-state index is 12.3. The minimum Gasteiger partial charge on any atom is -0.341 e. The zero-order chi connectivity index (χ0) is 18.6. The number of anilines is 1. The van der Waals surface area contributed by atoms with Gasteiger partial charge < -0.3 is 10.6 Å². The van der Waals surface area contributed by atoms with Crippen molar-refractivity contribution in [3.63, 3.8) is 0 Å². The van der Waals surface area contributed by atoms with Gasteiger partial charge in [-0.1, -0.05) is 50.6 Å². The molecule has 4 nitrogen and oxygen atoms in total. The lowest BCUT2D eigenvalue weighted by Crippen LogP contribution is -2.41. The van der Waals surface area contributed by atoms with Gasteiger partial charge >= 0.3 is 0 Å². The summed E-state index contributed by atoms with van der Waals surface area (Å²) in [7, 11) is 0. The van der Waals surface area contributed by atoms with Crippen LogP contribution < -0.4 is 10.6 Å². The SMILES string of the molecule is Cc1ccc(NC(=O)[C@H](C)NC(=O)c2ccc(C(C)(C)C)cc2)cc1. The van der Waals surface area contributed by atoms with Crippen molar-refractivity contribution in [2.45, 2.75) is 46.1 Å². The van der Waals surface area contributed by atoms with Gasteiger partial charge in [-0.25, -0.2) is 0 Å². The second-order valence-electron chi connectivity index (χ2n) is 7.38. The van der Waals surface area contributed by atoms with E-state index >= 15 is 0 Å². The molecule has 0 saturated carbocycles. The molecule has 0 fully saturated rings. The highest BCUT2D eigenvalue weighted by molar-refractivity contribution is 6.00. The Bertz CT molecular complexity index is 741. The van der Waals surface area contributed by atoms with Crippen LogP contribution in [-0.4, -0.2) is 17.9 Å². The largest absolute Gasteiger partial charge is 0.341 e. The Morgan fingerprint density at radius 2 is 1.48 bits per heavy atom. The molecule has 25 heavy (non-hydrogen) atoms. The van der Waals surface area contributed by atoms with E-state index in [4.69, 9.17) is 0 Å². The molecule has 2 aromatic rings. The van der Waals surface area contributed by atoms with Gasteiger partial charge in [-0.2, -0.15) is 0 Å². The zero-order valence-electron chi connectivity index (χ0n) is 15.5. The van der Waals surface area contributed by atoms with E-state index in [1.54, 1.807) is 19.1 Å². The third-order valence-corrected chi connectivity index (χ3v) is 4.07. The topological polar surface area (TPSA) is 58.2 Å². The fourth-order valence-corrected chi connectivity index (χ4v) is 2.35. The van der Waals surface area contributed by atoms with Gasteiger partial charge in [0.1, 0.15) is 6.04 Å². The number of aryl methyl sites for hydroxylation is 1. The van der Waals surface area contributed by atoms with Crippen molar-refractivity contribution in [1.82, 2.24) is 5.32 Å². The van der Waals surface area contributed by atoms with Gasteiger partial charge in [-0.3, -0.25) is 9.59 Å². The molecule has 132 valence electrons. The van der Waals surface area contributed by atoms with Gasteiger partial charge in [0.15, 0.2) is 0 Å². The first kappa shape index (κ1) is 18.7. The quantitative estimate of drug-likeness (QED) is 0.883. The third-order valence-electron chi connectivity index (χ3n) is 4.07. The highest BCUT2D eigenvalue weighted by Gasteiger charge is 2.18. The Kier molecular flexibility index (Phi) is 5.62. The summed E-state index contributed by atoms with van der Waals surface area (Å²) < 4.78 is 0. The molecule has 0 aromatic heterocycles. The summed E-state index contributed by atoms with van der Waals surface area (Å²) in [4.78, 5) is 24.6. The Labute approximate surface area is 149 Å². The van der Waals surface area contributed by atoms with Gasteiger partial charge in [-0.05, 0) is 49.1 Å². The lowest BCUT2D eigenvalue weighted by molar-refractivity contribution is -0.117. The van der Waals surface area contributed by atoms with Gasteiger partial charge in [0.2, 0.25) is 5.91 Å². The van der Waals surface area contributed by atoms with Gasteiger partial charge in [0.25, 0.3) is 5.91 Å². The molecular formula is C21H26N2O2. The van der Waals surface area contributed by atoms with Crippen molar-refractivity contribution < 1.29 is 9.59 Å². The van der Waals surface area contributed by atoms with E-state index in [1.807, 2.05) is 43.3 Å². The minimum atomic E-state index is -0.629. The third kappa shape index (κ3) is 5.18. The van der Waals surface area contributed by atoms with Crippen LogP contribution in [0, 0.1) is 6.92 Å². The first-order chi connectivity index (χ1) is 11.7. The Balaban J connectivity index is 1.97. The molecule has 0 spiro atoms. The fourth-order valence-electron chi connectivity index (χ4n) is 2.35. The van der Waals surface area contributed by atoms with Gasteiger partial charge in [0.05, 0.1) is 0 Å². The predicted octanol–water partition coefficient (Wildman–Crippen LogP) is 4.05. The van der Waals surface area contributed by atoms with Crippen LogP contribution in [0.4, 0.5) is 5.69 Å². The molecule has 2 aromatic carbocycles. The zero-order valence-corrected chi connectivity index (χ0v) is 15.5. The summed E-state index contributed by atoms with van der Waals surface area (Å²) in [6, 6.07) is 14.4. The smallest absolute Gasteiger partial charge is 0.251 e. The Morgan fingerprint density at radius 3 is 2.00 bits per heavy atom. The number of amides is 2. The van der Waals surface area contributed by atoms with Gasteiger partial charge in [-0.15, -0.1) is 0 Å². The molecule has 0 radical (unpaired) electrons. The van der Waals surface area contributed by atoms with Crippen molar-refractivity contribution in [2.24, 2.45) is 0 Å². The van der Waals surface area contributed by atoms with E-state index in [1.165, 1.54) is 0 Å². The van der Waals surface area contributed by atoms with E-state index in [2.05, 4.69) is 31.4 Å². The van der Waals surface area contributed by atoms with Crippen molar-refractivity contribution in [3.05, 3.63) is 65.2 Å². The standard InChI is InChI=1S/C21H26N2O2/c1-14-6-12-18(13-7-14)23-19(24)15(2)22-20(25)16-8-10-17(11-9-16)21(3,4)5/h6-13,15H,1-5H3,(H,22,25)(H,23,24)/t15-/m0/s1. The van der Waals surface area contributed by atoms with E-state index in [0.29, 0.717) is 11.3 Å². The number of carbonyl (C=O) groups is 2. The van der Waals surface area contributed by atoms with Crippen molar-refractivity contribution in [3.8, 4) is 0 Å². The number of nitrogens with one attached hydrogen (secondary N) is 2. The Hall–Kier alpha value is -2.62. The normalized spacial score (nSPS) is 12.4. The van der Waals surface area contributed by atoms with Crippen LogP contribution >= 0.6 is 0 Å². The summed E-state index contributed by atoms with van der Waals surface area (Å²) in [5, 5.41) is 5.54. The Morgan fingerprint density at radius 1 is 0.920 bits per heavy atom. The van der Waals surface area contributed by atoms with Crippen molar-refractivity contribution in [1.29, 1.82) is 0 Å². The summed E-state index contributed by atoms with van der Waals surface area (Å²) >= 11 is 0. The molecule has 2 N–H and O–H groups in total. The van der Waals surface area contributed by atoms with Crippen LogP contribution in [0.5, 0.6) is 0 Å². The number of benzene rings is 2.